The first-order valence-electron chi connectivity index (χ1n) is 6.57. The Hall–Kier alpha value is -1.70. The van der Waals surface area contributed by atoms with E-state index < -0.39 is 10.0 Å². The van der Waals surface area contributed by atoms with E-state index in [9.17, 15) is 8.42 Å². The van der Waals surface area contributed by atoms with Crippen molar-refractivity contribution >= 4 is 10.0 Å². The Kier molecular flexibility index (Phi) is 4.76. The van der Waals surface area contributed by atoms with Crippen LogP contribution in [0.4, 0.5) is 0 Å². The molecule has 0 saturated carbocycles. The summed E-state index contributed by atoms with van der Waals surface area (Å²) in [4.78, 5) is 4.26. The van der Waals surface area contributed by atoms with Gasteiger partial charge in [-0.2, -0.15) is 0 Å². The van der Waals surface area contributed by atoms with Crippen LogP contribution in [0, 0.1) is 0 Å². The number of rotatable bonds is 6. The van der Waals surface area contributed by atoms with Crippen molar-refractivity contribution in [2.45, 2.75) is 24.6 Å². The van der Waals surface area contributed by atoms with Crippen LogP contribution < -0.4 is 5.32 Å². The van der Waals surface area contributed by atoms with E-state index >= 15 is 0 Å². The third kappa shape index (κ3) is 3.69. The van der Waals surface area contributed by atoms with Gasteiger partial charge in [0.1, 0.15) is 5.76 Å². The zero-order chi connectivity index (χ0) is 15.5. The fraction of sp³-hybridized carbons (Fsp3) is 0.357. The molecule has 0 amide bonds. The standard InChI is InChI=1S/C14H19N3O3S/c1-11(13-6-4-5-9-15-13)16-10-12-7-8-14(20-12)21(18,19)17(2)3/h4-9,11,16H,10H2,1-3H3/t11-/m0/s1. The van der Waals surface area contributed by atoms with E-state index in [2.05, 4.69) is 10.3 Å². The second-order valence-electron chi connectivity index (χ2n) is 4.87. The molecular weight excluding hydrogens is 290 g/mol. The minimum atomic E-state index is -3.52. The maximum absolute atomic E-state index is 11.9. The van der Waals surface area contributed by atoms with Crippen molar-refractivity contribution in [3.05, 3.63) is 48.0 Å². The monoisotopic (exact) mass is 309 g/mol. The number of sulfonamides is 1. The van der Waals surface area contributed by atoms with Gasteiger partial charge in [-0.05, 0) is 31.2 Å². The number of furan rings is 1. The molecular formula is C14H19N3O3S. The quantitative estimate of drug-likeness (QED) is 0.880. The molecule has 2 heterocycles. The summed E-state index contributed by atoms with van der Waals surface area (Å²) in [5, 5.41) is 3.20. The molecule has 0 fully saturated rings. The normalized spacial score (nSPS) is 13.5. The van der Waals surface area contributed by atoms with Gasteiger partial charge in [-0.3, -0.25) is 4.98 Å². The molecule has 2 aromatic rings. The maximum Gasteiger partial charge on any atom is 0.275 e. The molecule has 0 spiro atoms. The SMILES string of the molecule is C[C@H](NCc1ccc(S(=O)(=O)N(C)C)o1)c1ccccn1. The summed E-state index contributed by atoms with van der Waals surface area (Å²) in [6.07, 6.45) is 1.74. The first kappa shape index (κ1) is 15.7. The topological polar surface area (TPSA) is 75.4 Å². The number of hydrogen-bond donors (Lipinski definition) is 1. The van der Waals surface area contributed by atoms with Crippen LogP contribution in [-0.4, -0.2) is 31.8 Å². The summed E-state index contributed by atoms with van der Waals surface area (Å²) < 4.78 is 30.3. The fourth-order valence-corrected chi connectivity index (χ4v) is 2.57. The van der Waals surface area contributed by atoms with E-state index in [4.69, 9.17) is 4.42 Å². The van der Waals surface area contributed by atoms with Crippen molar-refractivity contribution in [1.82, 2.24) is 14.6 Å². The molecule has 0 bridgehead atoms. The Morgan fingerprint density at radius 3 is 2.67 bits per heavy atom. The molecule has 0 aliphatic rings. The molecule has 6 nitrogen and oxygen atoms in total. The van der Waals surface area contributed by atoms with Gasteiger partial charge in [0.05, 0.1) is 12.2 Å². The minimum Gasteiger partial charge on any atom is -0.447 e. The smallest absolute Gasteiger partial charge is 0.275 e. The summed E-state index contributed by atoms with van der Waals surface area (Å²) in [7, 11) is -0.578. The van der Waals surface area contributed by atoms with Gasteiger partial charge in [-0.1, -0.05) is 6.07 Å². The maximum atomic E-state index is 11.9. The lowest BCUT2D eigenvalue weighted by molar-refractivity contribution is 0.381. The van der Waals surface area contributed by atoms with Gasteiger partial charge in [0.25, 0.3) is 10.0 Å². The van der Waals surface area contributed by atoms with Crippen LogP contribution in [0.15, 0.2) is 46.0 Å². The summed E-state index contributed by atoms with van der Waals surface area (Å²) >= 11 is 0. The molecule has 7 heteroatoms. The van der Waals surface area contributed by atoms with Gasteiger partial charge < -0.3 is 9.73 Å². The Balaban J connectivity index is 2.01. The lowest BCUT2D eigenvalue weighted by Crippen LogP contribution is -2.21. The van der Waals surface area contributed by atoms with Crippen molar-refractivity contribution in [3.8, 4) is 0 Å². The molecule has 0 aliphatic heterocycles. The van der Waals surface area contributed by atoms with Crippen LogP contribution in [-0.2, 0) is 16.6 Å². The summed E-state index contributed by atoms with van der Waals surface area (Å²) in [6, 6.07) is 8.90. The number of pyridine rings is 1. The number of nitrogens with one attached hydrogen (secondary N) is 1. The number of hydrogen-bond acceptors (Lipinski definition) is 5. The van der Waals surface area contributed by atoms with Crippen LogP contribution in [0.5, 0.6) is 0 Å². The molecule has 114 valence electrons. The highest BCUT2D eigenvalue weighted by atomic mass is 32.2. The molecule has 0 aromatic carbocycles. The Bertz CT molecular complexity index is 680. The van der Waals surface area contributed by atoms with E-state index in [1.807, 2.05) is 25.1 Å². The van der Waals surface area contributed by atoms with Gasteiger partial charge in [-0.15, -0.1) is 0 Å². The second-order valence-corrected chi connectivity index (χ2v) is 6.95. The molecule has 2 aromatic heterocycles. The van der Waals surface area contributed by atoms with E-state index in [-0.39, 0.29) is 11.1 Å². The fourth-order valence-electron chi connectivity index (χ4n) is 1.76. The average molecular weight is 309 g/mol. The first-order valence-corrected chi connectivity index (χ1v) is 8.01. The van der Waals surface area contributed by atoms with Crippen LogP contribution in [0.25, 0.3) is 0 Å². The van der Waals surface area contributed by atoms with Crippen molar-refractivity contribution in [3.63, 3.8) is 0 Å². The lowest BCUT2D eigenvalue weighted by Gasteiger charge is -2.12. The lowest BCUT2D eigenvalue weighted by atomic mass is 10.2. The van der Waals surface area contributed by atoms with E-state index in [0.29, 0.717) is 12.3 Å². The van der Waals surface area contributed by atoms with E-state index in [1.165, 1.54) is 20.2 Å². The molecule has 0 aliphatic carbocycles. The molecule has 2 rings (SSSR count). The highest BCUT2D eigenvalue weighted by molar-refractivity contribution is 7.88. The van der Waals surface area contributed by atoms with Crippen molar-refractivity contribution in [2.24, 2.45) is 0 Å². The van der Waals surface area contributed by atoms with E-state index in [1.54, 1.807) is 12.3 Å². The minimum absolute atomic E-state index is 0.0465. The van der Waals surface area contributed by atoms with Gasteiger partial charge >= 0.3 is 0 Å². The van der Waals surface area contributed by atoms with Crippen molar-refractivity contribution in [1.29, 1.82) is 0 Å². The predicted molar refractivity (Wildman–Crippen MR) is 79.1 cm³/mol. The third-order valence-corrected chi connectivity index (χ3v) is 4.78. The first-order chi connectivity index (χ1) is 9.91. The van der Waals surface area contributed by atoms with Crippen LogP contribution in [0.1, 0.15) is 24.4 Å². The molecule has 0 unspecified atom stereocenters. The molecule has 1 N–H and O–H groups in total. The van der Waals surface area contributed by atoms with Crippen molar-refractivity contribution < 1.29 is 12.8 Å². The largest absolute Gasteiger partial charge is 0.447 e. The Labute approximate surface area is 124 Å². The van der Waals surface area contributed by atoms with Crippen molar-refractivity contribution in [2.75, 3.05) is 14.1 Å². The number of aromatic nitrogens is 1. The van der Waals surface area contributed by atoms with Gasteiger partial charge in [0, 0.05) is 26.3 Å². The van der Waals surface area contributed by atoms with Crippen LogP contribution in [0.2, 0.25) is 0 Å². The van der Waals surface area contributed by atoms with Crippen LogP contribution in [0.3, 0.4) is 0 Å². The Morgan fingerprint density at radius 1 is 1.29 bits per heavy atom. The highest BCUT2D eigenvalue weighted by Gasteiger charge is 2.21. The predicted octanol–water partition coefficient (Wildman–Crippen LogP) is 1.78. The van der Waals surface area contributed by atoms with Gasteiger partial charge in [0.15, 0.2) is 0 Å². The second kappa shape index (κ2) is 6.38. The molecule has 0 radical (unpaired) electrons. The molecule has 21 heavy (non-hydrogen) atoms. The van der Waals surface area contributed by atoms with Gasteiger partial charge in [-0.25, -0.2) is 12.7 Å². The zero-order valence-corrected chi connectivity index (χ0v) is 13.1. The summed E-state index contributed by atoms with van der Waals surface area (Å²) in [6.45, 7) is 2.42. The third-order valence-electron chi connectivity index (χ3n) is 3.09. The summed E-state index contributed by atoms with van der Waals surface area (Å²) in [5.74, 6) is 0.568. The van der Waals surface area contributed by atoms with Gasteiger partial charge in [0.2, 0.25) is 5.09 Å². The summed E-state index contributed by atoms with van der Waals surface area (Å²) in [5.41, 5.74) is 0.921. The average Bonchev–Trinajstić information content (AvgIpc) is 2.95. The highest BCUT2D eigenvalue weighted by Crippen LogP contribution is 2.17. The van der Waals surface area contributed by atoms with E-state index in [0.717, 1.165) is 10.00 Å². The zero-order valence-electron chi connectivity index (χ0n) is 12.3. The molecule has 0 saturated heterocycles. The Morgan fingerprint density at radius 2 is 2.05 bits per heavy atom. The number of nitrogens with zero attached hydrogens (tertiary/aromatic N) is 2. The molecule has 1 atom stereocenters. The van der Waals surface area contributed by atoms with Crippen LogP contribution >= 0.6 is 0 Å².